The van der Waals surface area contributed by atoms with Crippen molar-refractivity contribution in [1.82, 2.24) is 0 Å². The van der Waals surface area contributed by atoms with Crippen LogP contribution in [-0.2, 0) is 28.6 Å². The summed E-state index contributed by atoms with van der Waals surface area (Å²) in [5.41, 5.74) is 0. The molecule has 0 bridgehead atoms. The molecule has 0 amide bonds. The monoisotopic (exact) mass is 1130 g/mol. The van der Waals surface area contributed by atoms with E-state index in [1.54, 1.807) is 0 Å². The fourth-order valence-corrected chi connectivity index (χ4v) is 10.4. The van der Waals surface area contributed by atoms with Crippen LogP contribution in [0.2, 0.25) is 0 Å². The van der Waals surface area contributed by atoms with Gasteiger partial charge in [-0.2, -0.15) is 0 Å². The van der Waals surface area contributed by atoms with Gasteiger partial charge in [0.25, 0.3) is 0 Å². The van der Waals surface area contributed by atoms with Crippen LogP contribution in [0.25, 0.3) is 0 Å². The lowest BCUT2D eigenvalue weighted by Crippen LogP contribution is -2.30. The highest BCUT2D eigenvalue weighted by molar-refractivity contribution is 5.71. The van der Waals surface area contributed by atoms with Gasteiger partial charge in [0, 0.05) is 19.3 Å². The average Bonchev–Trinajstić information content (AvgIpc) is 3.47. The molecule has 0 radical (unpaired) electrons. The van der Waals surface area contributed by atoms with Crippen LogP contribution in [0.15, 0.2) is 72.9 Å². The smallest absolute Gasteiger partial charge is 0.306 e. The second kappa shape index (κ2) is 69.3. The maximum atomic E-state index is 13.0. The highest BCUT2D eigenvalue weighted by Gasteiger charge is 2.19. The van der Waals surface area contributed by atoms with Gasteiger partial charge >= 0.3 is 17.9 Å². The van der Waals surface area contributed by atoms with E-state index >= 15 is 0 Å². The van der Waals surface area contributed by atoms with Crippen LogP contribution in [0.1, 0.15) is 367 Å². The fraction of sp³-hybridized carbons (Fsp3) is 0.800. The number of unbranched alkanes of at least 4 members (excludes halogenated alkanes) is 42. The molecule has 0 aliphatic heterocycles. The van der Waals surface area contributed by atoms with E-state index in [0.717, 1.165) is 96.3 Å². The normalized spacial score (nSPS) is 12.5. The highest BCUT2D eigenvalue weighted by atomic mass is 16.6. The maximum Gasteiger partial charge on any atom is 0.306 e. The molecule has 0 aliphatic carbocycles. The summed E-state index contributed by atoms with van der Waals surface area (Å²) in [6.45, 7) is 6.57. The zero-order valence-corrected chi connectivity index (χ0v) is 54.1. The minimum Gasteiger partial charge on any atom is -0.462 e. The quantitative estimate of drug-likeness (QED) is 0.0261. The molecule has 1 atom stereocenters. The van der Waals surface area contributed by atoms with Gasteiger partial charge in [-0.1, -0.05) is 312 Å². The highest BCUT2D eigenvalue weighted by Crippen LogP contribution is 2.17. The number of hydrogen-bond acceptors (Lipinski definition) is 6. The van der Waals surface area contributed by atoms with Crippen LogP contribution in [0.5, 0.6) is 0 Å². The Kier molecular flexibility index (Phi) is 66.6. The van der Waals surface area contributed by atoms with Crippen molar-refractivity contribution in [3.05, 3.63) is 72.9 Å². The van der Waals surface area contributed by atoms with Crippen molar-refractivity contribution in [2.75, 3.05) is 13.2 Å². The summed E-state index contributed by atoms with van der Waals surface area (Å²) in [6.07, 6.45) is 90.7. The van der Waals surface area contributed by atoms with Gasteiger partial charge in [-0.05, 0) is 109 Å². The molecule has 0 N–H and O–H groups in total. The summed E-state index contributed by atoms with van der Waals surface area (Å²) in [7, 11) is 0. The number of hydrogen-bond donors (Lipinski definition) is 0. The number of esters is 3. The van der Waals surface area contributed by atoms with Gasteiger partial charge in [-0.15, -0.1) is 0 Å². The molecule has 0 heterocycles. The van der Waals surface area contributed by atoms with Crippen molar-refractivity contribution >= 4 is 17.9 Å². The first kappa shape index (κ1) is 77.9. The van der Waals surface area contributed by atoms with E-state index in [0.29, 0.717) is 19.3 Å². The molecule has 0 spiro atoms. The lowest BCUT2D eigenvalue weighted by Gasteiger charge is -2.18. The van der Waals surface area contributed by atoms with Crippen LogP contribution in [0.4, 0.5) is 0 Å². The molecule has 0 saturated heterocycles. The molecule has 0 aromatic carbocycles. The van der Waals surface area contributed by atoms with Gasteiger partial charge in [0.1, 0.15) is 13.2 Å². The van der Waals surface area contributed by atoms with Crippen LogP contribution < -0.4 is 0 Å². The first-order valence-electron chi connectivity index (χ1n) is 35.4. The minimum atomic E-state index is -0.786. The predicted molar refractivity (Wildman–Crippen MR) is 353 cm³/mol. The Labute approximate surface area is 503 Å². The zero-order chi connectivity index (χ0) is 58.5. The van der Waals surface area contributed by atoms with E-state index in [1.165, 1.54) is 231 Å². The third-order valence-electron chi connectivity index (χ3n) is 15.7. The molecular formula is C75H134O6. The molecule has 81 heavy (non-hydrogen) atoms. The van der Waals surface area contributed by atoms with Gasteiger partial charge in [0.05, 0.1) is 0 Å². The first-order chi connectivity index (χ1) is 40.0. The number of carbonyl (C=O) groups excluding carboxylic acids is 3. The van der Waals surface area contributed by atoms with E-state index in [-0.39, 0.29) is 31.1 Å². The Morgan fingerprint density at radius 3 is 0.765 bits per heavy atom. The summed E-state index contributed by atoms with van der Waals surface area (Å²) in [5.74, 6) is -0.875. The van der Waals surface area contributed by atoms with Gasteiger partial charge in [-0.3, -0.25) is 14.4 Å². The Hall–Kier alpha value is -3.15. The number of rotatable bonds is 65. The van der Waals surface area contributed by atoms with Crippen molar-refractivity contribution in [2.24, 2.45) is 0 Å². The second-order valence-corrected chi connectivity index (χ2v) is 23.8. The average molecular weight is 1130 g/mol. The molecular weight excluding hydrogens is 997 g/mol. The molecule has 0 aliphatic rings. The molecule has 0 aromatic rings. The van der Waals surface area contributed by atoms with E-state index in [1.807, 2.05) is 0 Å². The summed E-state index contributed by atoms with van der Waals surface area (Å²) < 4.78 is 17.0. The van der Waals surface area contributed by atoms with Crippen molar-refractivity contribution in [3.8, 4) is 0 Å². The van der Waals surface area contributed by atoms with E-state index in [9.17, 15) is 14.4 Å². The predicted octanol–water partition coefficient (Wildman–Crippen LogP) is 24.4. The first-order valence-corrected chi connectivity index (χ1v) is 35.4. The Morgan fingerprint density at radius 1 is 0.259 bits per heavy atom. The van der Waals surface area contributed by atoms with Crippen LogP contribution >= 0.6 is 0 Å². The van der Waals surface area contributed by atoms with Gasteiger partial charge < -0.3 is 14.2 Å². The zero-order valence-electron chi connectivity index (χ0n) is 54.1. The molecule has 1 unspecified atom stereocenters. The van der Waals surface area contributed by atoms with Crippen molar-refractivity contribution in [2.45, 2.75) is 374 Å². The number of ether oxygens (including phenoxy) is 3. The summed E-state index contributed by atoms with van der Waals surface area (Å²) in [4.78, 5) is 38.5. The van der Waals surface area contributed by atoms with Gasteiger partial charge in [0.2, 0.25) is 0 Å². The van der Waals surface area contributed by atoms with Crippen molar-refractivity contribution in [3.63, 3.8) is 0 Å². The third-order valence-corrected chi connectivity index (χ3v) is 15.7. The van der Waals surface area contributed by atoms with E-state index in [2.05, 4.69) is 93.7 Å². The third kappa shape index (κ3) is 67.5. The van der Waals surface area contributed by atoms with E-state index in [4.69, 9.17) is 14.2 Å². The summed E-state index contributed by atoms with van der Waals surface area (Å²) in [6, 6.07) is 0. The maximum absolute atomic E-state index is 13.0. The number of allylic oxidation sites excluding steroid dienone is 12. The number of carbonyl (C=O) groups is 3. The molecule has 0 rings (SSSR count). The summed E-state index contributed by atoms with van der Waals surface area (Å²) >= 11 is 0. The molecule has 6 heteroatoms. The molecule has 6 nitrogen and oxygen atoms in total. The molecule has 0 aromatic heterocycles. The van der Waals surface area contributed by atoms with Gasteiger partial charge in [-0.25, -0.2) is 0 Å². The molecule has 0 saturated carbocycles. The SMILES string of the molecule is CC/C=C\C/C=C\C/C=C\C/C=C\CCCCCCCCC(=O)OC(COC(=O)CCCCCCCCCCC/C=C\CCCCCCCC)COC(=O)CCCCCCCCCCCCCCC/C=C\CCCCCCCCCC. The Balaban J connectivity index is 4.34. The van der Waals surface area contributed by atoms with Gasteiger partial charge in [0.15, 0.2) is 6.10 Å². The van der Waals surface area contributed by atoms with Crippen LogP contribution in [-0.4, -0.2) is 37.2 Å². The standard InChI is InChI=1S/C75H134O6/c1-4-7-10-13-16-19-22-25-28-31-34-35-36-37-38-39-42-44-47-50-53-56-59-62-65-68-74(77)80-71-72(81-75(78)69-66-63-60-57-54-51-48-45-41-33-30-27-24-21-18-15-12-9-6-3)70-79-73(76)67-64-61-58-55-52-49-46-43-40-32-29-26-23-20-17-14-11-8-5-2/h9,12,18,21,26-27,29-31,34,41,45,72H,4-8,10-11,13-17,19-20,22-25,28,32-33,35-40,42-44,46-71H2,1-3H3/b12-9-,21-18-,29-26-,30-27-,34-31-,45-41-. The minimum absolute atomic E-state index is 0.0795. The Bertz CT molecular complexity index is 1490. The lowest BCUT2D eigenvalue weighted by molar-refractivity contribution is -0.167. The van der Waals surface area contributed by atoms with Crippen molar-refractivity contribution < 1.29 is 28.6 Å². The lowest BCUT2D eigenvalue weighted by atomic mass is 10.0. The molecule has 470 valence electrons. The van der Waals surface area contributed by atoms with E-state index < -0.39 is 6.10 Å². The fourth-order valence-electron chi connectivity index (χ4n) is 10.4. The van der Waals surface area contributed by atoms with Crippen molar-refractivity contribution in [1.29, 1.82) is 0 Å². The topological polar surface area (TPSA) is 78.9 Å². The second-order valence-electron chi connectivity index (χ2n) is 23.8. The van der Waals surface area contributed by atoms with Crippen LogP contribution in [0.3, 0.4) is 0 Å². The largest absolute Gasteiger partial charge is 0.462 e. The molecule has 0 fully saturated rings. The Morgan fingerprint density at radius 2 is 0.481 bits per heavy atom. The summed E-state index contributed by atoms with van der Waals surface area (Å²) in [5, 5.41) is 0. The van der Waals surface area contributed by atoms with Crippen LogP contribution in [0, 0.1) is 0 Å².